The van der Waals surface area contributed by atoms with Gasteiger partial charge in [0.15, 0.2) is 0 Å². The summed E-state index contributed by atoms with van der Waals surface area (Å²) in [6.07, 6.45) is 3.32. The fourth-order valence-electron chi connectivity index (χ4n) is 4.24. The third-order valence-corrected chi connectivity index (χ3v) is 5.44. The molecule has 0 saturated carbocycles. The predicted octanol–water partition coefficient (Wildman–Crippen LogP) is 2.91. The molecule has 0 amide bonds. The lowest BCUT2D eigenvalue weighted by Crippen LogP contribution is -2.56. The lowest BCUT2D eigenvalue weighted by atomic mass is 9.73. The molecule has 2 aromatic rings. The molecule has 1 saturated heterocycles. The van der Waals surface area contributed by atoms with Crippen LogP contribution < -0.4 is 0 Å². The molecule has 2 aliphatic heterocycles. The van der Waals surface area contributed by atoms with Gasteiger partial charge in [0, 0.05) is 30.0 Å². The van der Waals surface area contributed by atoms with Crippen LogP contribution in [0.3, 0.4) is 0 Å². The maximum absolute atomic E-state index is 9.83. The highest BCUT2D eigenvalue weighted by atomic mass is 16.3. The molecule has 1 aromatic carbocycles. The lowest BCUT2D eigenvalue weighted by Gasteiger charge is -2.51. The zero-order valence-electron chi connectivity index (χ0n) is 11.9. The van der Waals surface area contributed by atoms with E-state index in [2.05, 4.69) is 30.0 Å². The predicted molar refractivity (Wildman–Crippen MR) is 78.7 cm³/mol. The second-order valence-electron chi connectivity index (χ2n) is 6.31. The first-order valence-corrected chi connectivity index (χ1v) is 7.62. The minimum absolute atomic E-state index is 0.139. The summed E-state index contributed by atoms with van der Waals surface area (Å²) >= 11 is 0. The van der Waals surface area contributed by atoms with E-state index >= 15 is 0 Å². The normalized spacial score (nSPS) is 30.2. The van der Waals surface area contributed by atoms with Crippen molar-refractivity contribution in [2.24, 2.45) is 5.92 Å². The van der Waals surface area contributed by atoms with Crippen molar-refractivity contribution in [3.63, 3.8) is 0 Å². The number of piperidine rings is 1. The summed E-state index contributed by atoms with van der Waals surface area (Å²) in [4.78, 5) is 2.52. The van der Waals surface area contributed by atoms with Crippen LogP contribution in [0.1, 0.15) is 31.1 Å². The fourth-order valence-corrected chi connectivity index (χ4v) is 4.24. The molecule has 1 fully saturated rings. The zero-order valence-corrected chi connectivity index (χ0v) is 11.9. The van der Waals surface area contributed by atoms with Gasteiger partial charge in [0.2, 0.25) is 0 Å². The van der Waals surface area contributed by atoms with Crippen molar-refractivity contribution in [3.05, 3.63) is 35.6 Å². The van der Waals surface area contributed by atoms with Crippen molar-refractivity contribution in [3.8, 4) is 0 Å². The number of benzene rings is 1. The van der Waals surface area contributed by atoms with E-state index in [1.165, 1.54) is 17.4 Å². The van der Waals surface area contributed by atoms with Gasteiger partial charge in [0.25, 0.3) is 0 Å². The number of para-hydroxylation sites is 1. The molecular weight excluding hydrogens is 250 g/mol. The number of furan rings is 1. The molecule has 0 spiro atoms. The molecule has 3 heterocycles. The minimum atomic E-state index is -0.139. The average molecular weight is 271 g/mol. The van der Waals surface area contributed by atoms with Crippen molar-refractivity contribution in [2.75, 3.05) is 19.7 Å². The van der Waals surface area contributed by atoms with E-state index in [1.807, 2.05) is 6.07 Å². The van der Waals surface area contributed by atoms with E-state index in [0.717, 1.165) is 37.3 Å². The van der Waals surface area contributed by atoms with Crippen LogP contribution in [0.5, 0.6) is 0 Å². The molecule has 2 atom stereocenters. The van der Waals surface area contributed by atoms with Crippen LogP contribution in [0.4, 0.5) is 0 Å². The molecular formula is C17H21NO2. The second kappa shape index (κ2) is 4.34. The molecule has 0 radical (unpaired) electrons. The summed E-state index contributed by atoms with van der Waals surface area (Å²) in [5.41, 5.74) is 2.21. The van der Waals surface area contributed by atoms with Gasteiger partial charge in [-0.15, -0.1) is 0 Å². The molecule has 0 aliphatic carbocycles. The zero-order chi connectivity index (χ0) is 13.7. The first-order chi connectivity index (χ1) is 9.75. The van der Waals surface area contributed by atoms with Crippen LogP contribution in [0.2, 0.25) is 0 Å². The topological polar surface area (TPSA) is 36.6 Å². The van der Waals surface area contributed by atoms with Gasteiger partial charge < -0.3 is 9.52 Å². The van der Waals surface area contributed by atoms with E-state index in [4.69, 9.17) is 4.42 Å². The van der Waals surface area contributed by atoms with Crippen LogP contribution in [-0.4, -0.2) is 29.7 Å². The van der Waals surface area contributed by atoms with Gasteiger partial charge in [-0.2, -0.15) is 0 Å². The monoisotopic (exact) mass is 271 g/mol. The van der Waals surface area contributed by atoms with E-state index in [1.54, 1.807) is 0 Å². The van der Waals surface area contributed by atoms with E-state index in [9.17, 15) is 5.11 Å². The van der Waals surface area contributed by atoms with Crippen molar-refractivity contribution >= 4 is 11.0 Å². The Hall–Kier alpha value is -1.32. The first-order valence-electron chi connectivity index (χ1n) is 7.62. The molecule has 3 heteroatoms. The van der Waals surface area contributed by atoms with Gasteiger partial charge in [-0.3, -0.25) is 4.90 Å². The van der Waals surface area contributed by atoms with Gasteiger partial charge in [0.05, 0.1) is 5.54 Å². The Morgan fingerprint density at radius 3 is 3.05 bits per heavy atom. The Bertz CT molecular complexity index is 647. The molecule has 1 unspecified atom stereocenters. The molecule has 0 bridgehead atoms. The SMILES string of the molecule is CC12c3oc4ccccc4c3CCN1CCC[C@H]2CO. The van der Waals surface area contributed by atoms with Crippen molar-refractivity contribution < 1.29 is 9.52 Å². The van der Waals surface area contributed by atoms with Crippen molar-refractivity contribution in [1.29, 1.82) is 0 Å². The smallest absolute Gasteiger partial charge is 0.134 e. The summed E-state index contributed by atoms with van der Waals surface area (Å²) in [7, 11) is 0. The number of rotatable bonds is 1. The lowest BCUT2D eigenvalue weighted by molar-refractivity contribution is -0.0414. The summed E-state index contributed by atoms with van der Waals surface area (Å²) < 4.78 is 6.24. The first kappa shape index (κ1) is 12.4. The summed E-state index contributed by atoms with van der Waals surface area (Å²) in [5, 5.41) is 11.1. The highest BCUT2D eigenvalue weighted by molar-refractivity contribution is 5.83. The molecule has 3 nitrogen and oxygen atoms in total. The van der Waals surface area contributed by atoms with E-state index in [0.29, 0.717) is 0 Å². The average Bonchev–Trinajstić information content (AvgIpc) is 2.86. The number of fused-ring (bicyclic) bond motifs is 5. The summed E-state index contributed by atoms with van der Waals surface area (Å²) in [6, 6.07) is 8.32. The highest BCUT2D eigenvalue weighted by Crippen LogP contribution is 2.48. The molecule has 1 N–H and O–H groups in total. The van der Waals surface area contributed by atoms with Crippen LogP contribution in [0.15, 0.2) is 28.7 Å². The number of hydrogen-bond acceptors (Lipinski definition) is 3. The highest BCUT2D eigenvalue weighted by Gasteiger charge is 2.49. The van der Waals surface area contributed by atoms with Gasteiger partial charge in [-0.05, 0) is 38.8 Å². The van der Waals surface area contributed by atoms with Gasteiger partial charge in [0.1, 0.15) is 11.3 Å². The number of aliphatic hydroxyl groups is 1. The van der Waals surface area contributed by atoms with Crippen LogP contribution in [0.25, 0.3) is 11.0 Å². The van der Waals surface area contributed by atoms with Gasteiger partial charge >= 0.3 is 0 Å². The molecule has 2 aliphatic rings. The van der Waals surface area contributed by atoms with E-state index < -0.39 is 0 Å². The van der Waals surface area contributed by atoms with Gasteiger partial charge in [-0.25, -0.2) is 0 Å². The molecule has 106 valence electrons. The fraction of sp³-hybridized carbons (Fsp3) is 0.529. The Labute approximate surface area is 119 Å². The number of hydrogen-bond donors (Lipinski definition) is 1. The maximum atomic E-state index is 9.83. The minimum Gasteiger partial charge on any atom is -0.459 e. The molecule has 1 aromatic heterocycles. The van der Waals surface area contributed by atoms with Gasteiger partial charge in [-0.1, -0.05) is 18.2 Å². The Balaban J connectivity index is 1.95. The molecule has 20 heavy (non-hydrogen) atoms. The van der Waals surface area contributed by atoms with Crippen molar-refractivity contribution in [2.45, 2.75) is 31.7 Å². The third kappa shape index (κ3) is 1.48. The van der Waals surface area contributed by atoms with Crippen molar-refractivity contribution in [1.82, 2.24) is 4.90 Å². The Kier molecular flexibility index (Phi) is 2.69. The second-order valence-corrected chi connectivity index (χ2v) is 6.31. The molecule has 4 rings (SSSR count). The Morgan fingerprint density at radius 1 is 1.35 bits per heavy atom. The van der Waals surface area contributed by atoms with Crippen LogP contribution in [0, 0.1) is 5.92 Å². The standard InChI is InChI=1S/C17H21NO2/c1-17-12(11-19)5-4-9-18(17)10-8-14-13-6-2-3-7-15(13)20-16(14)17/h2-3,6-7,12,19H,4-5,8-11H2,1H3/t12-,17?/m0/s1. The van der Waals surface area contributed by atoms with E-state index in [-0.39, 0.29) is 18.1 Å². The number of nitrogens with zero attached hydrogens (tertiary/aromatic N) is 1. The quantitative estimate of drug-likeness (QED) is 0.866. The maximum Gasteiger partial charge on any atom is 0.134 e. The van der Waals surface area contributed by atoms with Crippen LogP contribution in [-0.2, 0) is 12.0 Å². The third-order valence-electron chi connectivity index (χ3n) is 5.44. The summed E-state index contributed by atoms with van der Waals surface area (Å²) in [5.74, 6) is 1.37. The largest absolute Gasteiger partial charge is 0.459 e. The summed E-state index contributed by atoms with van der Waals surface area (Å²) in [6.45, 7) is 4.68. The number of aliphatic hydroxyl groups excluding tert-OH is 1. The van der Waals surface area contributed by atoms with Crippen LogP contribution >= 0.6 is 0 Å². The Morgan fingerprint density at radius 2 is 2.20 bits per heavy atom.